The van der Waals surface area contributed by atoms with Crippen LogP contribution in [-0.2, 0) is 30.9 Å². The van der Waals surface area contributed by atoms with Crippen molar-refractivity contribution in [1.29, 1.82) is 0 Å². The Morgan fingerprint density at radius 1 is 0.280 bits per heavy atom. The summed E-state index contributed by atoms with van der Waals surface area (Å²) in [4.78, 5) is 14.3. The van der Waals surface area contributed by atoms with Crippen molar-refractivity contribution in [2.24, 2.45) is 0 Å². The predicted octanol–water partition coefficient (Wildman–Crippen LogP) is 18.1. The smallest absolute Gasteiger partial charge is 0.309 e. The summed E-state index contributed by atoms with van der Waals surface area (Å²) in [6.45, 7) is 0. The van der Waals surface area contributed by atoms with E-state index >= 15 is 0 Å². The molecule has 10 rings (SSSR count). The van der Waals surface area contributed by atoms with E-state index < -0.39 is 69.8 Å². The second kappa shape index (κ2) is 18.2. The molecule has 0 fully saturated rings. The Morgan fingerprint density at radius 3 is 1.12 bits per heavy atom. The van der Waals surface area contributed by atoms with Gasteiger partial charge in [0.15, 0.2) is 17.5 Å². The molecule has 2 heterocycles. The van der Waals surface area contributed by atoms with Crippen molar-refractivity contribution >= 4 is 21.8 Å². The molecule has 8 aromatic carbocycles. The SMILES string of the molecule is FC(F)(F)c1cccc(-c2ccc(-n3c4ccc(-c5ccc(C(F)(F)F)cc5C(F)(F)F)cc4c4cc(-c5ccc(C(F)(F)F)cc5C(F)(F)F)ccc43)cc2-c2nc(-c3ccccc3)nc(-c3ccccc3)n2)c1. The van der Waals surface area contributed by atoms with Crippen LogP contribution in [0.3, 0.4) is 0 Å². The van der Waals surface area contributed by atoms with Crippen molar-refractivity contribution in [3.8, 4) is 73.2 Å². The first-order chi connectivity index (χ1) is 35.3. The molecule has 0 aliphatic rings. The van der Waals surface area contributed by atoms with Crippen LogP contribution in [0.2, 0.25) is 0 Å². The lowest BCUT2D eigenvalue weighted by Crippen LogP contribution is -2.12. The van der Waals surface area contributed by atoms with Crippen LogP contribution in [0.4, 0.5) is 65.9 Å². The number of benzene rings is 8. The molecule has 0 amide bonds. The van der Waals surface area contributed by atoms with E-state index in [0.717, 1.165) is 12.1 Å². The summed E-state index contributed by atoms with van der Waals surface area (Å²) in [6, 6.07) is 35.8. The molecule has 2 aromatic heterocycles. The van der Waals surface area contributed by atoms with Gasteiger partial charge in [0, 0.05) is 33.2 Å². The molecule has 0 spiro atoms. The Labute approximate surface area is 414 Å². The maximum Gasteiger partial charge on any atom is 0.417 e. The molecule has 0 saturated carbocycles. The molecular weight excluding hydrogens is 1010 g/mol. The average Bonchev–Trinajstić information content (AvgIpc) is 3.71. The Kier molecular flexibility index (Phi) is 12.1. The predicted molar refractivity (Wildman–Crippen MR) is 252 cm³/mol. The number of hydrogen-bond donors (Lipinski definition) is 0. The Bertz CT molecular complexity index is 3630. The van der Waals surface area contributed by atoms with Crippen LogP contribution in [0.5, 0.6) is 0 Å². The maximum absolute atomic E-state index is 14.6. The zero-order valence-electron chi connectivity index (χ0n) is 37.7. The Hall–Kier alpha value is -8.48. The van der Waals surface area contributed by atoms with Gasteiger partial charge in [0.2, 0.25) is 0 Å². The van der Waals surface area contributed by atoms with Crippen LogP contribution in [0.25, 0.3) is 95.0 Å². The van der Waals surface area contributed by atoms with Crippen LogP contribution in [0.1, 0.15) is 27.8 Å². The van der Waals surface area contributed by atoms with E-state index in [1.807, 2.05) is 0 Å². The fourth-order valence-corrected chi connectivity index (χ4v) is 8.95. The number of rotatable bonds is 7. The second-order valence-electron chi connectivity index (χ2n) is 17.2. The van der Waals surface area contributed by atoms with Crippen LogP contribution in [0, 0.1) is 0 Å². The van der Waals surface area contributed by atoms with Crippen LogP contribution >= 0.6 is 0 Å². The normalized spacial score (nSPS) is 12.7. The van der Waals surface area contributed by atoms with Crippen molar-refractivity contribution in [2.45, 2.75) is 30.9 Å². The minimum atomic E-state index is -5.32. The number of nitrogens with zero attached hydrogens (tertiary/aromatic N) is 4. The van der Waals surface area contributed by atoms with Crippen molar-refractivity contribution < 1.29 is 65.9 Å². The van der Waals surface area contributed by atoms with Crippen molar-refractivity contribution in [1.82, 2.24) is 19.5 Å². The molecule has 0 aliphatic heterocycles. The van der Waals surface area contributed by atoms with E-state index in [9.17, 15) is 65.9 Å². The van der Waals surface area contributed by atoms with Gasteiger partial charge < -0.3 is 4.57 Å². The molecule has 0 bridgehead atoms. The van der Waals surface area contributed by atoms with Gasteiger partial charge in [-0.15, -0.1) is 0 Å². The van der Waals surface area contributed by atoms with E-state index in [0.29, 0.717) is 35.4 Å². The van der Waals surface area contributed by atoms with Crippen LogP contribution in [0.15, 0.2) is 176 Å². The quantitative estimate of drug-likeness (QED) is 0.149. The number of alkyl halides is 15. The van der Waals surface area contributed by atoms with Gasteiger partial charge in [-0.2, -0.15) is 65.9 Å². The fourth-order valence-electron chi connectivity index (χ4n) is 8.95. The van der Waals surface area contributed by atoms with Gasteiger partial charge >= 0.3 is 30.9 Å². The topological polar surface area (TPSA) is 43.6 Å². The number of fused-ring (bicyclic) bond motifs is 3. The van der Waals surface area contributed by atoms with Crippen LogP contribution in [-0.4, -0.2) is 19.5 Å². The molecule has 0 aliphatic carbocycles. The molecule has 75 heavy (non-hydrogen) atoms. The standard InChI is InChI=1S/C56H29F15N4/c57-52(58,59)35-13-7-12-32(24-35)39-21-18-38(29-44(39)51-73-49(30-8-3-1-4-9-30)72-50(74-51)31-10-5-2-6-11-31)75-47-22-14-33(40-19-16-36(53(60,61)62)27-45(40)55(66,67)68)25-42(47)43-26-34(15-23-48(43)75)41-20-17-37(54(63,64)65)28-46(41)56(69,70)71/h1-29H. The average molecular weight is 1040 g/mol. The summed E-state index contributed by atoms with van der Waals surface area (Å²) in [5.74, 6) is 0.297. The van der Waals surface area contributed by atoms with Gasteiger partial charge in [0.25, 0.3) is 0 Å². The minimum Gasteiger partial charge on any atom is -0.309 e. The highest BCUT2D eigenvalue weighted by molar-refractivity contribution is 6.12. The minimum absolute atomic E-state index is 0.0271. The third-order valence-electron chi connectivity index (χ3n) is 12.4. The van der Waals surface area contributed by atoms with Gasteiger partial charge in [-0.05, 0) is 106 Å². The molecule has 0 unspecified atom stereocenters. The molecule has 10 aromatic rings. The third kappa shape index (κ3) is 9.77. The Balaban J connectivity index is 1.27. The lowest BCUT2D eigenvalue weighted by atomic mass is 9.94. The highest BCUT2D eigenvalue weighted by atomic mass is 19.4. The third-order valence-corrected chi connectivity index (χ3v) is 12.4. The zero-order valence-corrected chi connectivity index (χ0v) is 37.7. The summed E-state index contributed by atoms with van der Waals surface area (Å²) in [5, 5.41) is 0.0541. The van der Waals surface area contributed by atoms with Gasteiger partial charge in [0.1, 0.15) is 0 Å². The van der Waals surface area contributed by atoms with E-state index in [4.69, 9.17) is 15.0 Å². The largest absolute Gasteiger partial charge is 0.417 e. The summed E-state index contributed by atoms with van der Waals surface area (Å²) < 4.78 is 215. The highest BCUT2D eigenvalue weighted by Crippen LogP contribution is 2.47. The van der Waals surface area contributed by atoms with Crippen molar-refractivity contribution in [3.05, 3.63) is 204 Å². The molecule has 378 valence electrons. The monoisotopic (exact) mass is 1040 g/mol. The number of halogens is 15. The summed E-state index contributed by atoms with van der Waals surface area (Å²) in [6.07, 6.45) is -25.7. The lowest BCUT2D eigenvalue weighted by molar-refractivity contribution is -0.144. The van der Waals surface area contributed by atoms with E-state index in [1.165, 1.54) is 71.3 Å². The van der Waals surface area contributed by atoms with Gasteiger partial charge in [-0.1, -0.05) is 103 Å². The first-order valence-corrected chi connectivity index (χ1v) is 22.2. The van der Waals surface area contributed by atoms with E-state index in [-0.39, 0.29) is 84.9 Å². The number of hydrogen-bond acceptors (Lipinski definition) is 3. The van der Waals surface area contributed by atoms with E-state index in [2.05, 4.69) is 0 Å². The zero-order chi connectivity index (χ0) is 53.4. The second-order valence-corrected chi connectivity index (χ2v) is 17.2. The van der Waals surface area contributed by atoms with Gasteiger partial charge in [-0.3, -0.25) is 0 Å². The molecular formula is C56H29F15N4. The maximum atomic E-state index is 14.6. The molecule has 0 atom stereocenters. The molecule has 0 N–H and O–H groups in total. The molecule has 0 radical (unpaired) electrons. The molecule has 19 heteroatoms. The fraction of sp³-hybridized carbons (Fsp3) is 0.0893. The van der Waals surface area contributed by atoms with Crippen LogP contribution < -0.4 is 0 Å². The first kappa shape index (κ1) is 50.1. The van der Waals surface area contributed by atoms with Gasteiger partial charge in [0.05, 0.1) is 38.9 Å². The first-order valence-electron chi connectivity index (χ1n) is 22.2. The highest BCUT2D eigenvalue weighted by Gasteiger charge is 2.40. The lowest BCUT2D eigenvalue weighted by Gasteiger charge is -2.17. The molecule has 0 saturated heterocycles. The summed E-state index contributed by atoms with van der Waals surface area (Å²) in [5.41, 5.74) is -7.46. The summed E-state index contributed by atoms with van der Waals surface area (Å²) in [7, 11) is 0. The number of aromatic nitrogens is 4. The van der Waals surface area contributed by atoms with Crippen molar-refractivity contribution in [3.63, 3.8) is 0 Å². The molecule has 4 nitrogen and oxygen atoms in total. The van der Waals surface area contributed by atoms with Crippen molar-refractivity contribution in [2.75, 3.05) is 0 Å². The van der Waals surface area contributed by atoms with E-state index in [1.54, 1.807) is 60.7 Å². The van der Waals surface area contributed by atoms with Gasteiger partial charge in [-0.25, -0.2) is 15.0 Å². The Morgan fingerprint density at radius 2 is 0.680 bits per heavy atom. The summed E-state index contributed by atoms with van der Waals surface area (Å²) >= 11 is 0.